The molecular formula is C12H16ClN3OS. The Morgan fingerprint density at radius 1 is 1.56 bits per heavy atom. The van der Waals surface area contributed by atoms with Gasteiger partial charge in [0.1, 0.15) is 5.84 Å². The number of carbonyl (C=O) groups excluding carboxylic acids is 1. The Kier molecular flexibility index (Phi) is 6.01. The van der Waals surface area contributed by atoms with Gasteiger partial charge in [0.15, 0.2) is 0 Å². The Morgan fingerprint density at radius 3 is 2.89 bits per heavy atom. The third kappa shape index (κ3) is 4.58. The molecule has 0 saturated carbocycles. The van der Waals surface area contributed by atoms with E-state index < -0.39 is 0 Å². The lowest BCUT2D eigenvalue weighted by Gasteiger charge is -2.08. The zero-order chi connectivity index (χ0) is 13.5. The van der Waals surface area contributed by atoms with Gasteiger partial charge in [-0.05, 0) is 24.6 Å². The van der Waals surface area contributed by atoms with Gasteiger partial charge < -0.3 is 11.1 Å². The number of hydrogen-bond donors (Lipinski definition) is 3. The third-order valence-electron chi connectivity index (χ3n) is 2.16. The van der Waals surface area contributed by atoms with E-state index in [-0.39, 0.29) is 11.7 Å². The Labute approximate surface area is 116 Å². The minimum atomic E-state index is -0.0473. The smallest absolute Gasteiger partial charge is 0.230 e. The summed E-state index contributed by atoms with van der Waals surface area (Å²) in [5.41, 5.74) is 6.05. The summed E-state index contributed by atoms with van der Waals surface area (Å²) in [6.07, 6.45) is 0.913. The molecule has 1 aromatic carbocycles. The number of amides is 1. The number of amidine groups is 1. The molecule has 0 fully saturated rings. The van der Waals surface area contributed by atoms with Crippen molar-refractivity contribution >= 4 is 35.1 Å². The molecule has 1 amide bonds. The summed E-state index contributed by atoms with van der Waals surface area (Å²) in [5.74, 6) is 0.238. The average Bonchev–Trinajstić information content (AvgIpc) is 2.34. The normalized spacial score (nSPS) is 10.1. The van der Waals surface area contributed by atoms with Crippen LogP contribution in [0.15, 0.2) is 23.1 Å². The maximum atomic E-state index is 11.5. The predicted octanol–water partition coefficient (Wildman–Crippen LogP) is 2.24. The summed E-state index contributed by atoms with van der Waals surface area (Å²) in [6.45, 7) is 2.68. The molecule has 0 aliphatic rings. The number of halogens is 1. The van der Waals surface area contributed by atoms with E-state index in [1.54, 1.807) is 18.2 Å². The molecule has 0 unspecified atom stereocenters. The molecule has 18 heavy (non-hydrogen) atoms. The minimum absolute atomic E-state index is 0.0219. The van der Waals surface area contributed by atoms with Crippen LogP contribution in [0.5, 0.6) is 0 Å². The highest BCUT2D eigenvalue weighted by Gasteiger charge is 2.09. The molecule has 1 rings (SSSR count). The first kappa shape index (κ1) is 14.9. The van der Waals surface area contributed by atoms with Gasteiger partial charge in [-0.3, -0.25) is 10.2 Å². The topological polar surface area (TPSA) is 79.0 Å². The first-order chi connectivity index (χ1) is 8.54. The lowest BCUT2D eigenvalue weighted by molar-refractivity contribution is -0.118. The van der Waals surface area contributed by atoms with E-state index in [0.29, 0.717) is 22.9 Å². The Balaban J connectivity index is 2.67. The highest BCUT2D eigenvalue weighted by atomic mass is 35.5. The van der Waals surface area contributed by atoms with Crippen molar-refractivity contribution in [1.29, 1.82) is 5.41 Å². The molecule has 0 spiro atoms. The Morgan fingerprint density at radius 2 is 2.28 bits per heavy atom. The summed E-state index contributed by atoms with van der Waals surface area (Å²) in [4.78, 5) is 12.3. The molecule has 0 radical (unpaired) electrons. The van der Waals surface area contributed by atoms with Gasteiger partial charge >= 0.3 is 0 Å². The molecular weight excluding hydrogens is 270 g/mol. The molecule has 0 aliphatic heterocycles. The number of thioether (sulfide) groups is 1. The van der Waals surface area contributed by atoms with Crippen molar-refractivity contribution in [2.75, 3.05) is 12.3 Å². The minimum Gasteiger partial charge on any atom is -0.384 e. The molecule has 4 N–H and O–H groups in total. The molecule has 0 bridgehead atoms. The quantitative estimate of drug-likeness (QED) is 0.426. The van der Waals surface area contributed by atoms with Gasteiger partial charge in [-0.1, -0.05) is 18.5 Å². The van der Waals surface area contributed by atoms with Crippen LogP contribution in [0.3, 0.4) is 0 Å². The first-order valence-corrected chi connectivity index (χ1v) is 6.94. The number of hydrogen-bond acceptors (Lipinski definition) is 3. The van der Waals surface area contributed by atoms with Crippen molar-refractivity contribution in [3.8, 4) is 0 Å². The number of carbonyl (C=O) groups is 1. The Bertz CT molecular complexity index is 451. The summed E-state index contributed by atoms with van der Waals surface area (Å²) in [6, 6.07) is 5.13. The lowest BCUT2D eigenvalue weighted by Crippen LogP contribution is -2.25. The molecule has 0 atom stereocenters. The maximum absolute atomic E-state index is 11.5. The lowest BCUT2D eigenvalue weighted by atomic mass is 10.2. The van der Waals surface area contributed by atoms with Crippen LogP contribution in [0.2, 0.25) is 5.02 Å². The summed E-state index contributed by atoms with van der Waals surface area (Å²) in [5, 5.41) is 10.8. The number of rotatable bonds is 6. The van der Waals surface area contributed by atoms with Gasteiger partial charge in [0.05, 0.1) is 5.75 Å². The van der Waals surface area contributed by atoms with E-state index in [9.17, 15) is 4.79 Å². The molecule has 6 heteroatoms. The van der Waals surface area contributed by atoms with Crippen LogP contribution in [-0.4, -0.2) is 24.0 Å². The SMILES string of the molecule is CCCNC(=O)CSc1ccc(Cl)cc1C(=N)N. The van der Waals surface area contributed by atoms with Crippen LogP contribution in [-0.2, 0) is 4.79 Å². The largest absolute Gasteiger partial charge is 0.384 e. The molecule has 0 saturated heterocycles. The molecule has 4 nitrogen and oxygen atoms in total. The number of nitrogens with two attached hydrogens (primary N) is 1. The van der Waals surface area contributed by atoms with Crippen LogP contribution in [0.25, 0.3) is 0 Å². The molecule has 0 aliphatic carbocycles. The molecule has 0 aromatic heterocycles. The van der Waals surface area contributed by atoms with Crippen molar-refractivity contribution < 1.29 is 4.79 Å². The first-order valence-electron chi connectivity index (χ1n) is 5.58. The summed E-state index contributed by atoms with van der Waals surface area (Å²) >= 11 is 7.20. The fourth-order valence-corrected chi connectivity index (χ4v) is 2.35. The van der Waals surface area contributed by atoms with Crippen molar-refractivity contribution in [2.45, 2.75) is 18.2 Å². The van der Waals surface area contributed by atoms with E-state index in [2.05, 4.69) is 5.32 Å². The standard InChI is InChI=1S/C12H16ClN3OS/c1-2-5-16-11(17)7-18-10-4-3-8(13)6-9(10)12(14)15/h3-4,6H,2,5,7H2,1H3,(H3,14,15)(H,16,17). The monoisotopic (exact) mass is 285 g/mol. The van der Waals surface area contributed by atoms with Crippen molar-refractivity contribution in [3.63, 3.8) is 0 Å². The highest BCUT2D eigenvalue weighted by Crippen LogP contribution is 2.25. The second-order valence-electron chi connectivity index (χ2n) is 3.69. The average molecular weight is 286 g/mol. The predicted molar refractivity (Wildman–Crippen MR) is 76.5 cm³/mol. The van der Waals surface area contributed by atoms with Crippen LogP contribution in [0.4, 0.5) is 0 Å². The fourth-order valence-electron chi connectivity index (χ4n) is 1.30. The van der Waals surface area contributed by atoms with Gasteiger partial charge in [-0.15, -0.1) is 11.8 Å². The summed E-state index contributed by atoms with van der Waals surface area (Å²) < 4.78 is 0. The second-order valence-corrected chi connectivity index (χ2v) is 5.15. The number of benzene rings is 1. The highest BCUT2D eigenvalue weighted by molar-refractivity contribution is 8.00. The van der Waals surface area contributed by atoms with Gasteiger partial charge in [-0.25, -0.2) is 0 Å². The van der Waals surface area contributed by atoms with E-state index in [1.165, 1.54) is 11.8 Å². The number of nitrogen functional groups attached to an aromatic ring is 1. The van der Waals surface area contributed by atoms with Crippen LogP contribution in [0.1, 0.15) is 18.9 Å². The maximum Gasteiger partial charge on any atom is 0.230 e. The van der Waals surface area contributed by atoms with Crippen molar-refractivity contribution in [3.05, 3.63) is 28.8 Å². The van der Waals surface area contributed by atoms with Gasteiger partial charge in [0.25, 0.3) is 0 Å². The van der Waals surface area contributed by atoms with Gasteiger partial charge in [0.2, 0.25) is 5.91 Å². The Hall–Kier alpha value is -1.20. The third-order valence-corrected chi connectivity index (χ3v) is 3.47. The van der Waals surface area contributed by atoms with Gasteiger partial charge in [-0.2, -0.15) is 0 Å². The van der Waals surface area contributed by atoms with Crippen LogP contribution < -0.4 is 11.1 Å². The second kappa shape index (κ2) is 7.28. The van der Waals surface area contributed by atoms with E-state index in [1.807, 2.05) is 6.92 Å². The van der Waals surface area contributed by atoms with Crippen LogP contribution >= 0.6 is 23.4 Å². The van der Waals surface area contributed by atoms with Gasteiger partial charge in [0, 0.05) is 22.0 Å². The van der Waals surface area contributed by atoms with Crippen molar-refractivity contribution in [2.24, 2.45) is 5.73 Å². The summed E-state index contributed by atoms with van der Waals surface area (Å²) in [7, 11) is 0. The van der Waals surface area contributed by atoms with E-state index in [0.717, 1.165) is 11.3 Å². The van der Waals surface area contributed by atoms with E-state index >= 15 is 0 Å². The van der Waals surface area contributed by atoms with Crippen molar-refractivity contribution in [1.82, 2.24) is 5.32 Å². The van der Waals surface area contributed by atoms with E-state index in [4.69, 9.17) is 22.7 Å². The molecule has 1 aromatic rings. The molecule has 98 valence electrons. The zero-order valence-corrected chi connectivity index (χ0v) is 11.7. The van der Waals surface area contributed by atoms with Crippen LogP contribution in [0, 0.1) is 5.41 Å². The zero-order valence-electron chi connectivity index (χ0n) is 10.1. The number of nitrogens with one attached hydrogen (secondary N) is 2. The molecule has 0 heterocycles. The fraction of sp³-hybridized carbons (Fsp3) is 0.333.